The normalized spacial score (nSPS) is 19.4. The lowest BCUT2D eigenvalue weighted by atomic mass is 10.1. The van der Waals surface area contributed by atoms with Crippen molar-refractivity contribution in [3.8, 4) is 0 Å². The van der Waals surface area contributed by atoms with Crippen LogP contribution < -0.4 is 16.0 Å². The van der Waals surface area contributed by atoms with E-state index in [1.165, 1.54) is 0 Å². The fraction of sp³-hybridized carbons (Fsp3) is 0.692. The Bertz CT molecular complexity index is 418. The summed E-state index contributed by atoms with van der Waals surface area (Å²) >= 11 is 0. The molecule has 2 aliphatic heterocycles. The molecule has 2 amide bonds. The number of nitrogens with zero attached hydrogens (tertiary/aromatic N) is 1. The first kappa shape index (κ1) is 14.8. The standard InChI is InChI=1S/C13H22N4O3/c1-3-17(9-5-14-6-9)8-11-10(12(18)20-4-2)7-15-13(19)16-11/h9,14H,3-8H2,1-2H3,(H2,15,16,19). The number of hydrogen-bond acceptors (Lipinski definition) is 5. The third-order valence-electron chi connectivity index (χ3n) is 3.62. The molecule has 7 heteroatoms. The van der Waals surface area contributed by atoms with Crippen molar-refractivity contribution in [2.24, 2.45) is 0 Å². The number of amides is 2. The highest BCUT2D eigenvalue weighted by Gasteiger charge is 2.28. The van der Waals surface area contributed by atoms with Gasteiger partial charge in [-0.05, 0) is 13.5 Å². The van der Waals surface area contributed by atoms with Crippen LogP contribution in [0.2, 0.25) is 0 Å². The Hall–Kier alpha value is -1.60. The third-order valence-corrected chi connectivity index (χ3v) is 3.62. The zero-order valence-electron chi connectivity index (χ0n) is 12.0. The van der Waals surface area contributed by atoms with Crippen LogP contribution in [0.4, 0.5) is 4.79 Å². The predicted molar refractivity (Wildman–Crippen MR) is 74.1 cm³/mol. The van der Waals surface area contributed by atoms with Gasteiger partial charge >= 0.3 is 12.0 Å². The highest BCUT2D eigenvalue weighted by Crippen LogP contribution is 2.13. The third kappa shape index (κ3) is 3.29. The molecule has 0 bridgehead atoms. The van der Waals surface area contributed by atoms with E-state index in [9.17, 15) is 9.59 Å². The van der Waals surface area contributed by atoms with Gasteiger partial charge in [-0.25, -0.2) is 9.59 Å². The molecule has 0 aromatic rings. The SMILES string of the molecule is CCOC(=O)C1=C(CN(CC)C2CNC2)NC(=O)NC1. The lowest BCUT2D eigenvalue weighted by Crippen LogP contribution is -2.58. The van der Waals surface area contributed by atoms with Gasteiger partial charge in [0.1, 0.15) is 0 Å². The van der Waals surface area contributed by atoms with Crippen molar-refractivity contribution in [1.82, 2.24) is 20.9 Å². The van der Waals surface area contributed by atoms with Crippen molar-refractivity contribution in [3.05, 3.63) is 11.3 Å². The highest BCUT2D eigenvalue weighted by molar-refractivity contribution is 5.93. The largest absolute Gasteiger partial charge is 0.463 e. The lowest BCUT2D eigenvalue weighted by Gasteiger charge is -2.38. The van der Waals surface area contributed by atoms with Crippen LogP contribution >= 0.6 is 0 Å². The maximum Gasteiger partial charge on any atom is 0.337 e. The summed E-state index contributed by atoms with van der Waals surface area (Å²) in [6.45, 7) is 7.72. The number of hydrogen-bond donors (Lipinski definition) is 3. The van der Waals surface area contributed by atoms with Gasteiger partial charge in [-0.1, -0.05) is 6.92 Å². The van der Waals surface area contributed by atoms with Crippen LogP contribution in [-0.2, 0) is 9.53 Å². The molecule has 0 aromatic heterocycles. The van der Waals surface area contributed by atoms with Crippen molar-refractivity contribution >= 4 is 12.0 Å². The second-order valence-electron chi connectivity index (χ2n) is 4.86. The summed E-state index contributed by atoms with van der Waals surface area (Å²) < 4.78 is 5.04. The molecular weight excluding hydrogens is 260 g/mol. The van der Waals surface area contributed by atoms with E-state index in [1.807, 2.05) is 0 Å². The van der Waals surface area contributed by atoms with Crippen molar-refractivity contribution in [2.45, 2.75) is 19.9 Å². The molecule has 0 aromatic carbocycles. The molecule has 2 rings (SSSR count). The van der Waals surface area contributed by atoms with Gasteiger partial charge in [0.25, 0.3) is 0 Å². The lowest BCUT2D eigenvalue weighted by molar-refractivity contribution is -0.138. The number of nitrogens with one attached hydrogen (secondary N) is 3. The minimum Gasteiger partial charge on any atom is -0.463 e. The first-order chi connectivity index (χ1) is 9.65. The van der Waals surface area contributed by atoms with Crippen molar-refractivity contribution in [1.29, 1.82) is 0 Å². The van der Waals surface area contributed by atoms with Crippen LogP contribution in [0, 0.1) is 0 Å². The molecule has 0 radical (unpaired) electrons. The number of esters is 1. The molecule has 112 valence electrons. The van der Waals surface area contributed by atoms with Gasteiger partial charge in [-0.2, -0.15) is 0 Å². The smallest absolute Gasteiger partial charge is 0.337 e. The number of likely N-dealkylation sites (N-methyl/N-ethyl adjacent to an activating group) is 1. The molecule has 2 aliphatic rings. The Kier molecular flexibility index (Phi) is 4.97. The molecule has 0 atom stereocenters. The van der Waals surface area contributed by atoms with Crippen LogP contribution in [0.5, 0.6) is 0 Å². The topological polar surface area (TPSA) is 82.7 Å². The van der Waals surface area contributed by atoms with Gasteiger partial charge in [-0.15, -0.1) is 0 Å². The second-order valence-corrected chi connectivity index (χ2v) is 4.86. The quantitative estimate of drug-likeness (QED) is 0.567. The zero-order chi connectivity index (χ0) is 14.5. The van der Waals surface area contributed by atoms with Gasteiger partial charge in [0.15, 0.2) is 0 Å². The Morgan fingerprint density at radius 2 is 2.15 bits per heavy atom. The summed E-state index contributed by atoms with van der Waals surface area (Å²) in [6.07, 6.45) is 0. The molecule has 0 aliphatic carbocycles. The van der Waals surface area contributed by atoms with Gasteiger partial charge < -0.3 is 20.7 Å². The zero-order valence-corrected chi connectivity index (χ0v) is 12.0. The predicted octanol–water partition coefficient (Wildman–Crippen LogP) is -0.590. The number of rotatable bonds is 6. The van der Waals surface area contributed by atoms with E-state index < -0.39 is 0 Å². The molecule has 2 heterocycles. The van der Waals surface area contributed by atoms with E-state index in [0.29, 0.717) is 30.5 Å². The van der Waals surface area contributed by atoms with E-state index >= 15 is 0 Å². The Morgan fingerprint density at radius 3 is 2.70 bits per heavy atom. The van der Waals surface area contributed by atoms with Crippen molar-refractivity contribution < 1.29 is 14.3 Å². The minimum atomic E-state index is -0.363. The molecule has 0 spiro atoms. The first-order valence-electron chi connectivity index (χ1n) is 7.04. The van der Waals surface area contributed by atoms with Crippen LogP contribution in [0.25, 0.3) is 0 Å². The molecule has 20 heavy (non-hydrogen) atoms. The summed E-state index contributed by atoms with van der Waals surface area (Å²) in [7, 11) is 0. The monoisotopic (exact) mass is 282 g/mol. The van der Waals surface area contributed by atoms with E-state index in [4.69, 9.17) is 4.74 Å². The van der Waals surface area contributed by atoms with E-state index in [0.717, 1.165) is 19.6 Å². The molecule has 3 N–H and O–H groups in total. The Morgan fingerprint density at radius 1 is 1.40 bits per heavy atom. The Labute approximate surface area is 118 Å². The number of carbonyl (C=O) groups is 2. The number of carbonyl (C=O) groups excluding carboxylic acids is 2. The molecule has 1 fully saturated rings. The maximum absolute atomic E-state index is 11.9. The molecule has 7 nitrogen and oxygen atoms in total. The summed E-state index contributed by atoms with van der Waals surface area (Å²) in [5.74, 6) is -0.363. The molecule has 1 saturated heterocycles. The fourth-order valence-electron chi connectivity index (χ4n) is 2.31. The van der Waals surface area contributed by atoms with Crippen LogP contribution in [0.1, 0.15) is 13.8 Å². The van der Waals surface area contributed by atoms with Crippen LogP contribution in [0.15, 0.2) is 11.3 Å². The van der Waals surface area contributed by atoms with Crippen LogP contribution in [-0.4, -0.2) is 62.3 Å². The van der Waals surface area contributed by atoms with E-state index in [-0.39, 0.29) is 18.5 Å². The van der Waals surface area contributed by atoms with E-state index in [1.54, 1.807) is 6.92 Å². The average Bonchev–Trinajstić information content (AvgIpc) is 2.36. The summed E-state index contributed by atoms with van der Waals surface area (Å²) in [4.78, 5) is 25.7. The van der Waals surface area contributed by atoms with Gasteiger partial charge in [0, 0.05) is 31.4 Å². The van der Waals surface area contributed by atoms with Crippen LogP contribution in [0.3, 0.4) is 0 Å². The number of ether oxygens (including phenoxy) is 1. The summed E-state index contributed by atoms with van der Waals surface area (Å²) in [5, 5.41) is 8.58. The Balaban J connectivity index is 2.12. The molecular formula is C13H22N4O3. The molecule has 0 saturated carbocycles. The second kappa shape index (κ2) is 6.71. The fourth-order valence-corrected chi connectivity index (χ4v) is 2.31. The van der Waals surface area contributed by atoms with Crippen molar-refractivity contribution in [2.75, 3.05) is 39.3 Å². The summed E-state index contributed by atoms with van der Waals surface area (Å²) in [6, 6.07) is 0.193. The van der Waals surface area contributed by atoms with Gasteiger partial charge in [0.2, 0.25) is 0 Å². The van der Waals surface area contributed by atoms with Gasteiger partial charge in [-0.3, -0.25) is 4.90 Å². The highest BCUT2D eigenvalue weighted by atomic mass is 16.5. The first-order valence-corrected chi connectivity index (χ1v) is 7.04. The number of urea groups is 1. The van der Waals surface area contributed by atoms with E-state index in [2.05, 4.69) is 27.8 Å². The van der Waals surface area contributed by atoms with Crippen molar-refractivity contribution in [3.63, 3.8) is 0 Å². The summed E-state index contributed by atoms with van der Waals surface area (Å²) in [5.41, 5.74) is 1.16. The maximum atomic E-state index is 11.9. The van der Waals surface area contributed by atoms with Gasteiger partial charge in [0.05, 0.1) is 18.7 Å². The molecule has 0 unspecified atom stereocenters. The minimum absolute atomic E-state index is 0.223. The average molecular weight is 282 g/mol.